The lowest BCUT2D eigenvalue weighted by atomic mass is 10.1. The first-order chi connectivity index (χ1) is 5.12. The maximum atomic E-state index is 12.7. The predicted octanol–water partition coefficient (Wildman–Crippen LogP) is 3.78. The summed E-state index contributed by atoms with van der Waals surface area (Å²) in [5, 5.41) is 0. The first-order valence-corrected chi connectivity index (χ1v) is 4.11. The van der Waals surface area contributed by atoms with Crippen molar-refractivity contribution in [2.75, 3.05) is 0 Å². The van der Waals surface area contributed by atoms with Gasteiger partial charge in [-0.05, 0) is 6.42 Å². The second kappa shape index (κ2) is 5.28. The van der Waals surface area contributed by atoms with Crippen LogP contribution in [0.1, 0.15) is 39.0 Å². The molecule has 0 aliphatic heterocycles. The van der Waals surface area contributed by atoms with Crippen LogP contribution in [-0.2, 0) is 0 Å². The number of rotatable bonds is 6. The van der Waals surface area contributed by atoms with Crippen LogP contribution in [0.15, 0.2) is 12.7 Å². The van der Waals surface area contributed by atoms with E-state index in [1.54, 1.807) is 0 Å². The molecule has 11 heavy (non-hydrogen) atoms. The Bertz CT molecular complexity index is 108. The van der Waals surface area contributed by atoms with Gasteiger partial charge in [0.15, 0.2) is 0 Å². The van der Waals surface area contributed by atoms with Crippen molar-refractivity contribution >= 4 is 0 Å². The topological polar surface area (TPSA) is 0 Å². The van der Waals surface area contributed by atoms with Crippen LogP contribution < -0.4 is 0 Å². The number of allylic oxidation sites excluding steroid dienone is 1. The fourth-order valence-corrected chi connectivity index (χ4v) is 0.947. The van der Waals surface area contributed by atoms with Crippen LogP contribution in [0.25, 0.3) is 0 Å². The second-order valence-electron chi connectivity index (χ2n) is 2.81. The molecule has 0 heterocycles. The van der Waals surface area contributed by atoms with E-state index in [0.29, 0.717) is 6.42 Å². The Hall–Kier alpha value is -0.400. The molecule has 0 bridgehead atoms. The number of hydrogen-bond donors (Lipinski definition) is 0. The molecule has 0 amide bonds. The molecule has 0 aromatic rings. The highest BCUT2D eigenvalue weighted by Crippen LogP contribution is 2.25. The Morgan fingerprint density at radius 3 is 2.45 bits per heavy atom. The zero-order valence-corrected chi connectivity index (χ0v) is 7.08. The fourth-order valence-electron chi connectivity index (χ4n) is 0.947. The molecule has 0 radical (unpaired) electrons. The largest absolute Gasteiger partial charge is 0.251 e. The van der Waals surface area contributed by atoms with Crippen LogP contribution in [0.3, 0.4) is 0 Å². The van der Waals surface area contributed by atoms with Gasteiger partial charge in [0.25, 0.3) is 5.92 Å². The van der Waals surface area contributed by atoms with E-state index in [2.05, 4.69) is 6.58 Å². The Morgan fingerprint density at radius 2 is 2.00 bits per heavy atom. The number of unbranched alkanes of at least 4 members (excludes halogenated alkanes) is 2. The van der Waals surface area contributed by atoms with Crippen LogP contribution >= 0.6 is 0 Å². The van der Waals surface area contributed by atoms with Crippen molar-refractivity contribution in [1.82, 2.24) is 0 Å². The van der Waals surface area contributed by atoms with Crippen LogP contribution in [0.5, 0.6) is 0 Å². The molecule has 0 atom stereocenters. The highest BCUT2D eigenvalue weighted by atomic mass is 19.3. The van der Waals surface area contributed by atoms with E-state index in [9.17, 15) is 8.78 Å². The highest BCUT2D eigenvalue weighted by Gasteiger charge is 2.25. The number of hydrogen-bond acceptors (Lipinski definition) is 0. The monoisotopic (exact) mass is 162 g/mol. The molecular weight excluding hydrogens is 146 g/mol. The summed E-state index contributed by atoms with van der Waals surface area (Å²) in [6.45, 7) is 5.30. The molecule has 0 unspecified atom stereocenters. The maximum absolute atomic E-state index is 12.7. The van der Waals surface area contributed by atoms with Crippen molar-refractivity contribution in [3.8, 4) is 0 Å². The first-order valence-electron chi connectivity index (χ1n) is 4.11. The van der Waals surface area contributed by atoms with Gasteiger partial charge in [0.2, 0.25) is 0 Å². The lowest BCUT2D eigenvalue weighted by molar-refractivity contribution is -0.00662. The molecule has 2 heteroatoms. The van der Waals surface area contributed by atoms with E-state index in [-0.39, 0.29) is 12.8 Å². The lowest BCUT2D eigenvalue weighted by Gasteiger charge is -2.12. The van der Waals surface area contributed by atoms with Crippen LogP contribution in [0, 0.1) is 0 Å². The van der Waals surface area contributed by atoms with Gasteiger partial charge in [-0.15, -0.1) is 6.58 Å². The van der Waals surface area contributed by atoms with Gasteiger partial charge in [0.05, 0.1) is 0 Å². The maximum Gasteiger partial charge on any atom is 0.251 e. The molecule has 0 aromatic carbocycles. The van der Waals surface area contributed by atoms with E-state index in [1.807, 2.05) is 6.92 Å². The third-order valence-electron chi connectivity index (χ3n) is 1.59. The molecule has 0 saturated carbocycles. The van der Waals surface area contributed by atoms with Crippen molar-refractivity contribution < 1.29 is 8.78 Å². The Balaban J connectivity index is 3.45. The standard InChI is InChI=1S/C9H16F2/c1-3-5-6-8-9(10,11)7-4-2/h4H,2-3,5-8H2,1H3. The van der Waals surface area contributed by atoms with Crippen LogP contribution in [0.4, 0.5) is 8.78 Å². The minimum atomic E-state index is -2.52. The van der Waals surface area contributed by atoms with Crippen molar-refractivity contribution in [1.29, 1.82) is 0 Å². The molecular formula is C9H16F2. The molecule has 0 spiro atoms. The van der Waals surface area contributed by atoms with E-state index >= 15 is 0 Å². The van der Waals surface area contributed by atoms with Gasteiger partial charge in [-0.3, -0.25) is 0 Å². The van der Waals surface area contributed by atoms with Crippen LogP contribution in [0.2, 0.25) is 0 Å². The van der Waals surface area contributed by atoms with Gasteiger partial charge in [-0.1, -0.05) is 25.8 Å². The zero-order valence-electron chi connectivity index (χ0n) is 7.08. The minimum absolute atomic E-state index is 0.00681. The Morgan fingerprint density at radius 1 is 1.36 bits per heavy atom. The average Bonchev–Trinajstić information content (AvgIpc) is 1.87. The quantitative estimate of drug-likeness (QED) is 0.412. The van der Waals surface area contributed by atoms with Crippen molar-refractivity contribution in [2.24, 2.45) is 0 Å². The molecule has 0 aromatic heterocycles. The average molecular weight is 162 g/mol. The van der Waals surface area contributed by atoms with E-state index in [4.69, 9.17) is 0 Å². The second-order valence-corrected chi connectivity index (χ2v) is 2.81. The van der Waals surface area contributed by atoms with E-state index < -0.39 is 5.92 Å². The smallest absolute Gasteiger partial charge is 0.207 e. The molecule has 0 fully saturated rings. The number of halogens is 2. The fraction of sp³-hybridized carbons (Fsp3) is 0.778. The van der Waals surface area contributed by atoms with Gasteiger partial charge in [0.1, 0.15) is 0 Å². The molecule has 0 nitrogen and oxygen atoms in total. The van der Waals surface area contributed by atoms with E-state index in [1.165, 1.54) is 6.08 Å². The summed E-state index contributed by atoms with van der Waals surface area (Å²) in [4.78, 5) is 0. The molecule has 0 rings (SSSR count). The molecule has 66 valence electrons. The lowest BCUT2D eigenvalue weighted by Crippen LogP contribution is -2.13. The normalized spacial score (nSPS) is 11.5. The minimum Gasteiger partial charge on any atom is -0.207 e. The SMILES string of the molecule is C=CCC(F)(F)CCCCC. The van der Waals surface area contributed by atoms with Crippen molar-refractivity contribution in [3.63, 3.8) is 0 Å². The Kier molecular flexibility index (Phi) is 5.08. The molecule has 0 saturated heterocycles. The molecule has 0 N–H and O–H groups in total. The highest BCUT2D eigenvalue weighted by molar-refractivity contribution is 4.78. The summed E-state index contributed by atoms with van der Waals surface area (Å²) in [6, 6.07) is 0. The van der Waals surface area contributed by atoms with Crippen molar-refractivity contribution in [3.05, 3.63) is 12.7 Å². The van der Waals surface area contributed by atoms with Crippen molar-refractivity contribution in [2.45, 2.75) is 45.0 Å². The summed E-state index contributed by atoms with van der Waals surface area (Å²) >= 11 is 0. The third kappa shape index (κ3) is 6.02. The summed E-state index contributed by atoms with van der Waals surface area (Å²) in [6.07, 6.45) is 3.61. The summed E-state index contributed by atoms with van der Waals surface area (Å²) < 4.78 is 25.4. The predicted molar refractivity (Wildman–Crippen MR) is 43.9 cm³/mol. The summed E-state index contributed by atoms with van der Waals surface area (Å²) in [5.74, 6) is -2.52. The third-order valence-corrected chi connectivity index (χ3v) is 1.59. The van der Waals surface area contributed by atoms with Gasteiger partial charge in [-0.25, -0.2) is 8.78 Å². The summed E-state index contributed by atoms with van der Waals surface area (Å²) in [5.41, 5.74) is 0. The van der Waals surface area contributed by atoms with Gasteiger partial charge in [0, 0.05) is 12.8 Å². The van der Waals surface area contributed by atoms with Gasteiger partial charge in [-0.2, -0.15) is 0 Å². The molecule has 0 aliphatic rings. The van der Waals surface area contributed by atoms with Gasteiger partial charge >= 0.3 is 0 Å². The summed E-state index contributed by atoms with van der Waals surface area (Å²) in [7, 11) is 0. The zero-order chi connectivity index (χ0) is 8.74. The first kappa shape index (κ1) is 10.6. The van der Waals surface area contributed by atoms with Crippen LogP contribution in [-0.4, -0.2) is 5.92 Å². The van der Waals surface area contributed by atoms with Gasteiger partial charge < -0.3 is 0 Å². The van der Waals surface area contributed by atoms with E-state index in [0.717, 1.165) is 12.8 Å². The molecule has 0 aliphatic carbocycles. The Labute approximate surface area is 67.3 Å². The number of alkyl halides is 2.